The molecule has 3 rings (SSSR count). The summed E-state index contributed by atoms with van der Waals surface area (Å²) < 4.78 is 0.901. The first-order valence-electron chi connectivity index (χ1n) is 7.41. The minimum absolute atomic E-state index is 0.0176. The number of hydrogen-bond acceptors (Lipinski definition) is 2. The highest BCUT2D eigenvalue weighted by Crippen LogP contribution is 2.36. The maximum Gasteiger partial charge on any atom is 0.252 e. The molecule has 0 radical (unpaired) electrons. The molecule has 1 saturated heterocycles. The van der Waals surface area contributed by atoms with Gasteiger partial charge in [-0.05, 0) is 53.4 Å². The Morgan fingerprint density at radius 2 is 1.95 bits per heavy atom. The van der Waals surface area contributed by atoms with Crippen LogP contribution in [0.2, 0.25) is 0 Å². The highest BCUT2D eigenvalue weighted by atomic mass is 79.9. The molecule has 0 aromatic heterocycles. The van der Waals surface area contributed by atoms with E-state index in [1.165, 1.54) is 0 Å². The molecule has 1 heterocycles. The zero-order chi connectivity index (χ0) is 15.0. The Morgan fingerprint density at radius 1 is 1.24 bits per heavy atom. The number of halogens is 1. The Labute approximate surface area is 133 Å². The summed E-state index contributed by atoms with van der Waals surface area (Å²) in [5.41, 5.74) is 1.31. The maximum absolute atomic E-state index is 13.0. The maximum atomic E-state index is 13.0. The molecular weight excluding hydrogens is 332 g/mol. The van der Waals surface area contributed by atoms with Gasteiger partial charge in [0.15, 0.2) is 0 Å². The van der Waals surface area contributed by atoms with Crippen molar-refractivity contribution in [1.29, 1.82) is 0 Å². The molecule has 1 saturated carbocycles. The Hall–Kier alpha value is -1.36. The van der Waals surface area contributed by atoms with E-state index in [1.807, 2.05) is 25.1 Å². The number of nitrogens with one attached hydrogen (secondary N) is 1. The third-order valence-electron chi connectivity index (χ3n) is 4.45. The number of benzene rings is 1. The van der Waals surface area contributed by atoms with Crippen molar-refractivity contribution in [3.05, 3.63) is 28.2 Å². The lowest BCUT2D eigenvalue weighted by atomic mass is 9.95. The predicted molar refractivity (Wildman–Crippen MR) is 85.2 cm³/mol. The van der Waals surface area contributed by atoms with Crippen LogP contribution >= 0.6 is 15.9 Å². The Balaban J connectivity index is 2.00. The van der Waals surface area contributed by atoms with Crippen LogP contribution in [0.15, 0.2) is 22.7 Å². The topological polar surface area (TPSA) is 49.4 Å². The minimum atomic E-state index is -0.683. The molecule has 1 N–H and O–H groups in total. The zero-order valence-electron chi connectivity index (χ0n) is 12.1. The molecule has 2 amide bonds. The van der Waals surface area contributed by atoms with Crippen molar-refractivity contribution in [2.75, 3.05) is 11.4 Å². The number of carbonyl (C=O) groups is 2. The Bertz CT molecular complexity index is 594. The second-order valence-electron chi connectivity index (χ2n) is 6.00. The fraction of sp³-hybridized carbons (Fsp3) is 0.500. The molecule has 21 heavy (non-hydrogen) atoms. The van der Waals surface area contributed by atoms with Gasteiger partial charge >= 0.3 is 0 Å². The number of amides is 2. The average molecular weight is 351 g/mol. The van der Waals surface area contributed by atoms with Crippen LogP contribution in [0.3, 0.4) is 0 Å². The Morgan fingerprint density at radius 3 is 2.62 bits per heavy atom. The first-order chi connectivity index (χ1) is 10.0. The fourth-order valence-corrected chi connectivity index (χ4v) is 4.04. The van der Waals surface area contributed by atoms with E-state index >= 15 is 0 Å². The molecular formula is C16H19BrN2O2. The summed E-state index contributed by atoms with van der Waals surface area (Å²) in [6.45, 7) is 2.45. The van der Waals surface area contributed by atoms with Gasteiger partial charge in [0.1, 0.15) is 5.54 Å². The highest BCUT2D eigenvalue weighted by Gasteiger charge is 2.46. The second-order valence-corrected chi connectivity index (χ2v) is 6.85. The first-order valence-corrected chi connectivity index (χ1v) is 8.20. The van der Waals surface area contributed by atoms with Crippen molar-refractivity contribution in [3.8, 4) is 0 Å². The second kappa shape index (κ2) is 5.44. The van der Waals surface area contributed by atoms with Crippen LogP contribution in [0.25, 0.3) is 0 Å². The number of aryl methyl sites for hydroxylation is 1. The molecule has 1 aromatic rings. The van der Waals surface area contributed by atoms with Crippen molar-refractivity contribution in [2.45, 2.75) is 44.6 Å². The van der Waals surface area contributed by atoms with E-state index in [0.29, 0.717) is 13.0 Å². The number of rotatable bonds is 1. The molecule has 0 atom stereocenters. The van der Waals surface area contributed by atoms with Gasteiger partial charge in [-0.3, -0.25) is 9.59 Å². The van der Waals surface area contributed by atoms with Crippen LogP contribution < -0.4 is 10.2 Å². The van der Waals surface area contributed by atoms with Gasteiger partial charge in [0.2, 0.25) is 5.91 Å². The molecule has 1 aromatic carbocycles. The minimum Gasteiger partial charge on any atom is -0.342 e. The van der Waals surface area contributed by atoms with Crippen LogP contribution in [0.5, 0.6) is 0 Å². The normalized spacial score (nSPS) is 21.5. The van der Waals surface area contributed by atoms with Crippen molar-refractivity contribution in [1.82, 2.24) is 5.32 Å². The highest BCUT2D eigenvalue weighted by molar-refractivity contribution is 9.10. The first kappa shape index (κ1) is 14.6. The van der Waals surface area contributed by atoms with Crippen molar-refractivity contribution >= 4 is 33.4 Å². The standard InChI is InChI=1S/C16H19BrN2O2/c1-11-4-5-13(12(17)10-11)19-9-6-14(20)18-16(15(19)21)7-2-3-8-16/h4-5,10H,2-3,6-9H2,1H3,(H,18,20). The summed E-state index contributed by atoms with van der Waals surface area (Å²) in [5, 5.41) is 2.99. The summed E-state index contributed by atoms with van der Waals surface area (Å²) in [6.07, 6.45) is 3.84. The van der Waals surface area contributed by atoms with Gasteiger partial charge in [0.05, 0.1) is 5.69 Å². The lowest BCUT2D eigenvalue weighted by molar-refractivity contribution is -0.129. The smallest absolute Gasteiger partial charge is 0.252 e. The van der Waals surface area contributed by atoms with Crippen LogP contribution in [0.1, 0.15) is 37.7 Å². The molecule has 1 aliphatic carbocycles. The predicted octanol–water partition coefficient (Wildman–Crippen LogP) is 2.92. The molecule has 5 heteroatoms. The number of nitrogens with zero attached hydrogens (tertiary/aromatic N) is 1. The molecule has 1 spiro atoms. The summed E-state index contributed by atoms with van der Waals surface area (Å²) in [7, 11) is 0. The SMILES string of the molecule is Cc1ccc(N2CCC(=O)NC3(CCCC3)C2=O)c(Br)c1. The van der Waals surface area contributed by atoms with Crippen LogP contribution in [-0.2, 0) is 9.59 Å². The van der Waals surface area contributed by atoms with Gasteiger partial charge < -0.3 is 10.2 Å². The van der Waals surface area contributed by atoms with Crippen LogP contribution in [0.4, 0.5) is 5.69 Å². The third-order valence-corrected chi connectivity index (χ3v) is 5.08. The van der Waals surface area contributed by atoms with Crippen molar-refractivity contribution in [2.24, 2.45) is 0 Å². The van der Waals surface area contributed by atoms with E-state index in [1.54, 1.807) is 4.90 Å². The molecule has 112 valence electrons. The summed E-state index contributed by atoms with van der Waals surface area (Å²) in [5.74, 6) is 0.0198. The fourth-order valence-electron chi connectivity index (χ4n) is 3.33. The van der Waals surface area contributed by atoms with Gasteiger partial charge in [-0.2, -0.15) is 0 Å². The van der Waals surface area contributed by atoms with Crippen LogP contribution in [-0.4, -0.2) is 23.9 Å². The van der Waals surface area contributed by atoms with Gasteiger partial charge in [-0.25, -0.2) is 0 Å². The van der Waals surface area contributed by atoms with E-state index in [9.17, 15) is 9.59 Å². The van der Waals surface area contributed by atoms with Crippen molar-refractivity contribution in [3.63, 3.8) is 0 Å². The number of hydrogen-bond donors (Lipinski definition) is 1. The lowest BCUT2D eigenvalue weighted by Crippen LogP contribution is -2.55. The quantitative estimate of drug-likeness (QED) is 0.846. The monoisotopic (exact) mass is 350 g/mol. The van der Waals surface area contributed by atoms with E-state index in [4.69, 9.17) is 0 Å². The number of carbonyl (C=O) groups excluding carboxylic acids is 2. The molecule has 4 nitrogen and oxygen atoms in total. The number of anilines is 1. The Kier molecular flexibility index (Phi) is 3.78. The lowest BCUT2D eigenvalue weighted by Gasteiger charge is -2.32. The molecule has 1 aliphatic heterocycles. The zero-order valence-corrected chi connectivity index (χ0v) is 13.7. The van der Waals surface area contributed by atoms with Gasteiger partial charge in [-0.1, -0.05) is 18.9 Å². The van der Waals surface area contributed by atoms with Gasteiger partial charge in [0, 0.05) is 17.4 Å². The average Bonchev–Trinajstić information content (AvgIpc) is 2.85. The van der Waals surface area contributed by atoms with Gasteiger partial charge in [-0.15, -0.1) is 0 Å². The largest absolute Gasteiger partial charge is 0.342 e. The molecule has 2 aliphatic rings. The summed E-state index contributed by atoms with van der Waals surface area (Å²) in [6, 6.07) is 5.95. The third kappa shape index (κ3) is 2.59. The van der Waals surface area contributed by atoms with E-state index in [-0.39, 0.29) is 11.8 Å². The van der Waals surface area contributed by atoms with E-state index in [2.05, 4.69) is 21.2 Å². The summed E-state index contributed by atoms with van der Waals surface area (Å²) >= 11 is 3.55. The molecule has 0 unspecified atom stereocenters. The summed E-state index contributed by atoms with van der Waals surface area (Å²) in [4.78, 5) is 26.8. The molecule has 0 bridgehead atoms. The van der Waals surface area contributed by atoms with E-state index < -0.39 is 5.54 Å². The molecule has 2 fully saturated rings. The van der Waals surface area contributed by atoms with Crippen LogP contribution in [0, 0.1) is 6.92 Å². The van der Waals surface area contributed by atoms with Crippen molar-refractivity contribution < 1.29 is 9.59 Å². The van der Waals surface area contributed by atoms with E-state index in [0.717, 1.165) is 41.4 Å². The van der Waals surface area contributed by atoms with Gasteiger partial charge in [0.25, 0.3) is 5.91 Å².